The molecule has 1 atom stereocenters. The highest BCUT2D eigenvalue weighted by molar-refractivity contribution is 6.58. The second-order valence-electron chi connectivity index (χ2n) is 4.21. The topological polar surface area (TPSA) is 6.48 Å². The molecule has 0 N–H and O–H groups in total. The summed E-state index contributed by atoms with van der Waals surface area (Å²) in [5.41, 5.74) is 0. The number of halogens is 3. The van der Waals surface area contributed by atoms with Gasteiger partial charge < -0.3 is 22.7 Å². The molecule has 1 aliphatic rings. The molecule has 1 saturated heterocycles. The van der Waals surface area contributed by atoms with Gasteiger partial charge >= 0.3 is 6.98 Å². The molecule has 1 aliphatic heterocycles. The van der Waals surface area contributed by atoms with Gasteiger partial charge in [0.25, 0.3) is 0 Å². The summed E-state index contributed by atoms with van der Waals surface area (Å²) >= 11 is 0. The zero-order valence-electron chi connectivity index (χ0n) is 8.72. The Bertz CT molecular complexity index is 186. The zero-order chi connectivity index (χ0) is 10.8. The van der Waals surface area contributed by atoms with E-state index in [9.17, 15) is 12.9 Å². The van der Waals surface area contributed by atoms with Crippen LogP contribution in [0, 0.1) is 0 Å². The van der Waals surface area contributed by atoms with Crippen LogP contribution < -0.4 is 0 Å². The molecule has 6 heteroatoms. The van der Waals surface area contributed by atoms with Crippen LogP contribution in [0.4, 0.5) is 12.9 Å². The van der Waals surface area contributed by atoms with Crippen LogP contribution in [-0.4, -0.2) is 56.4 Å². The van der Waals surface area contributed by atoms with Gasteiger partial charge in [-0.25, -0.2) is 0 Å². The van der Waals surface area contributed by atoms with Gasteiger partial charge in [-0.2, -0.15) is 0 Å². The van der Waals surface area contributed by atoms with E-state index in [4.69, 9.17) is 0 Å². The fourth-order valence-corrected chi connectivity index (χ4v) is 2.00. The van der Waals surface area contributed by atoms with Gasteiger partial charge in [0.15, 0.2) is 0 Å². The van der Waals surface area contributed by atoms with E-state index in [0.29, 0.717) is 12.6 Å². The highest BCUT2D eigenvalue weighted by Gasteiger charge is 2.28. The first-order valence-electron chi connectivity index (χ1n) is 4.98. The summed E-state index contributed by atoms with van der Waals surface area (Å²) in [6.45, 7) is -3.14. The molecular formula is C8H17BF3N2-. The normalized spacial score (nSPS) is 24.9. The molecule has 0 amide bonds. The van der Waals surface area contributed by atoms with E-state index in [1.165, 1.54) is 4.90 Å². The Balaban J connectivity index is 2.29. The van der Waals surface area contributed by atoms with Gasteiger partial charge in [-0.1, -0.05) is 0 Å². The molecule has 1 fully saturated rings. The minimum absolute atomic E-state index is 0.304. The largest absolute Gasteiger partial charge is 0.492 e. The lowest BCUT2D eigenvalue weighted by atomic mass is 9.91. The molecule has 1 rings (SSSR count). The third-order valence-corrected chi connectivity index (χ3v) is 2.71. The molecule has 0 spiro atoms. The maximum atomic E-state index is 12.1. The lowest BCUT2D eigenvalue weighted by molar-refractivity contribution is 0.225. The highest BCUT2D eigenvalue weighted by atomic mass is 19.4. The Kier molecular flexibility index (Phi) is 3.83. The summed E-state index contributed by atoms with van der Waals surface area (Å²) in [5, 5.41) is 0. The molecule has 14 heavy (non-hydrogen) atoms. The van der Waals surface area contributed by atoms with E-state index in [0.717, 1.165) is 19.4 Å². The standard InChI is InChI=1S/C8H17BF3N2/c1-13(7-9(10,11)12)6-8-4-3-5-14(8)2/h8H,3-7H2,1-2H3/q-1. The molecule has 1 unspecified atom stereocenters. The fourth-order valence-electron chi connectivity index (χ4n) is 2.00. The van der Waals surface area contributed by atoms with E-state index >= 15 is 0 Å². The van der Waals surface area contributed by atoms with Crippen LogP contribution >= 0.6 is 0 Å². The molecule has 0 radical (unpaired) electrons. The van der Waals surface area contributed by atoms with Crippen molar-refractivity contribution in [2.45, 2.75) is 18.9 Å². The van der Waals surface area contributed by atoms with Crippen molar-refractivity contribution >= 4 is 6.98 Å². The summed E-state index contributed by atoms with van der Waals surface area (Å²) in [7, 11) is 3.52. The number of likely N-dealkylation sites (tertiary alicyclic amines) is 1. The summed E-state index contributed by atoms with van der Waals surface area (Å²) in [4.78, 5) is 3.52. The third-order valence-electron chi connectivity index (χ3n) is 2.71. The van der Waals surface area contributed by atoms with Gasteiger partial charge in [0, 0.05) is 12.6 Å². The predicted octanol–water partition coefficient (Wildman–Crippen LogP) is 1.40. The van der Waals surface area contributed by atoms with Crippen LogP contribution in [0.2, 0.25) is 0 Å². The first-order valence-corrected chi connectivity index (χ1v) is 4.98. The average molecular weight is 209 g/mol. The molecule has 0 aliphatic carbocycles. The molecular weight excluding hydrogens is 192 g/mol. The molecule has 0 aromatic rings. The van der Waals surface area contributed by atoms with Crippen molar-refractivity contribution in [2.75, 3.05) is 33.6 Å². The lowest BCUT2D eigenvalue weighted by Crippen LogP contribution is -2.42. The van der Waals surface area contributed by atoms with E-state index in [-0.39, 0.29) is 0 Å². The second kappa shape index (κ2) is 4.53. The minimum Gasteiger partial charge on any atom is -0.448 e. The van der Waals surface area contributed by atoms with Crippen LogP contribution in [0.25, 0.3) is 0 Å². The van der Waals surface area contributed by atoms with E-state index in [1.54, 1.807) is 7.05 Å². The number of nitrogens with zero attached hydrogens (tertiary/aromatic N) is 2. The van der Waals surface area contributed by atoms with Crippen LogP contribution in [0.1, 0.15) is 12.8 Å². The average Bonchev–Trinajstić information content (AvgIpc) is 2.32. The SMILES string of the molecule is CN(CC1CCCN1C)C[B-](F)(F)F. The number of hydrogen-bond acceptors (Lipinski definition) is 2. The number of rotatable bonds is 4. The van der Waals surface area contributed by atoms with Gasteiger partial charge in [-0.3, -0.25) is 0 Å². The van der Waals surface area contributed by atoms with Crippen molar-refractivity contribution in [3.63, 3.8) is 0 Å². The van der Waals surface area contributed by atoms with Gasteiger partial charge in [-0.15, -0.1) is 0 Å². The minimum atomic E-state index is -4.68. The summed E-state index contributed by atoms with van der Waals surface area (Å²) < 4.78 is 36.3. The summed E-state index contributed by atoms with van der Waals surface area (Å²) in [6, 6.07) is 0.304. The Labute approximate surface area is 83.1 Å². The quantitative estimate of drug-likeness (QED) is 0.645. The van der Waals surface area contributed by atoms with Crippen molar-refractivity contribution in [2.24, 2.45) is 0 Å². The second-order valence-corrected chi connectivity index (χ2v) is 4.21. The monoisotopic (exact) mass is 209 g/mol. The molecule has 0 aromatic carbocycles. The smallest absolute Gasteiger partial charge is 0.448 e. The van der Waals surface area contributed by atoms with Gasteiger partial charge in [0.2, 0.25) is 0 Å². The van der Waals surface area contributed by atoms with Gasteiger partial charge in [0.05, 0.1) is 0 Å². The third kappa shape index (κ3) is 3.88. The first-order chi connectivity index (χ1) is 6.38. The van der Waals surface area contributed by atoms with E-state index in [2.05, 4.69) is 4.90 Å². The maximum absolute atomic E-state index is 12.1. The van der Waals surface area contributed by atoms with Crippen LogP contribution in [0.15, 0.2) is 0 Å². The Morgan fingerprint density at radius 3 is 2.50 bits per heavy atom. The number of hydrogen-bond donors (Lipinski definition) is 0. The molecule has 84 valence electrons. The van der Waals surface area contributed by atoms with Crippen molar-refractivity contribution in [3.05, 3.63) is 0 Å². The van der Waals surface area contributed by atoms with E-state index < -0.39 is 13.4 Å². The molecule has 1 heterocycles. The van der Waals surface area contributed by atoms with Crippen molar-refractivity contribution in [1.29, 1.82) is 0 Å². The summed E-state index contributed by atoms with van der Waals surface area (Å²) in [5.74, 6) is 0. The Morgan fingerprint density at radius 1 is 1.43 bits per heavy atom. The molecule has 0 bridgehead atoms. The maximum Gasteiger partial charge on any atom is 0.492 e. The molecule has 0 aromatic heterocycles. The van der Waals surface area contributed by atoms with Crippen molar-refractivity contribution < 1.29 is 12.9 Å². The van der Waals surface area contributed by atoms with Crippen LogP contribution in [0.3, 0.4) is 0 Å². The van der Waals surface area contributed by atoms with Crippen LogP contribution in [0.5, 0.6) is 0 Å². The number of likely N-dealkylation sites (N-methyl/N-ethyl adjacent to an activating group) is 2. The molecule has 2 nitrogen and oxygen atoms in total. The molecule has 0 saturated carbocycles. The van der Waals surface area contributed by atoms with Crippen molar-refractivity contribution in [1.82, 2.24) is 9.80 Å². The zero-order valence-corrected chi connectivity index (χ0v) is 8.72. The van der Waals surface area contributed by atoms with E-state index in [1.807, 2.05) is 7.05 Å². The Morgan fingerprint density at radius 2 is 2.07 bits per heavy atom. The first kappa shape index (κ1) is 11.8. The van der Waals surface area contributed by atoms with Crippen LogP contribution in [-0.2, 0) is 0 Å². The fraction of sp³-hybridized carbons (Fsp3) is 1.00. The highest BCUT2D eigenvalue weighted by Crippen LogP contribution is 2.17. The van der Waals surface area contributed by atoms with Crippen molar-refractivity contribution in [3.8, 4) is 0 Å². The predicted molar refractivity (Wildman–Crippen MR) is 52.2 cm³/mol. The Hall–Kier alpha value is -0.225. The van der Waals surface area contributed by atoms with Gasteiger partial charge in [0.1, 0.15) is 0 Å². The lowest BCUT2D eigenvalue weighted by Gasteiger charge is -2.29. The van der Waals surface area contributed by atoms with Gasteiger partial charge in [-0.05, 0) is 39.9 Å². The summed E-state index contributed by atoms with van der Waals surface area (Å²) in [6.07, 6.45) is 1.38.